The van der Waals surface area contributed by atoms with Crippen molar-refractivity contribution in [1.29, 1.82) is 0 Å². The summed E-state index contributed by atoms with van der Waals surface area (Å²) in [5.41, 5.74) is 6.71. The smallest absolute Gasteiger partial charge is 0.251 e. The average molecular weight is 426 g/mol. The molecule has 1 heterocycles. The van der Waals surface area contributed by atoms with E-state index in [-0.39, 0.29) is 5.91 Å². The Hall–Kier alpha value is -3.40. The molecule has 3 aromatic carbocycles. The number of hydrogen-bond acceptors (Lipinski definition) is 2. The van der Waals surface area contributed by atoms with Crippen molar-refractivity contribution >= 4 is 16.9 Å². The van der Waals surface area contributed by atoms with E-state index in [0.717, 1.165) is 54.7 Å². The predicted molar refractivity (Wildman–Crippen MR) is 131 cm³/mol. The summed E-state index contributed by atoms with van der Waals surface area (Å²) in [5, 5.41) is 3.03. The van der Waals surface area contributed by atoms with Gasteiger partial charge in [-0.2, -0.15) is 0 Å². The molecule has 0 aliphatic heterocycles. The van der Waals surface area contributed by atoms with E-state index in [0.29, 0.717) is 6.54 Å². The van der Waals surface area contributed by atoms with Crippen LogP contribution in [-0.2, 0) is 13.0 Å². The topological polar surface area (TPSA) is 46.9 Å². The minimum atomic E-state index is 0.00458. The molecule has 0 saturated heterocycles. The highest BCUT2D eigenvalue weighted by Gasteiger charge is 2.11. The average Bonchev–Trinajstić information content (AvgIpc) is 3.14. The molecule has 0 atom stereocenters. The maximum absolute atomic E-state index is 12.2. The van der Waals surface area contributed by atoms with Crippen LogP contribution in [0.2, 0.25) is 0 Å². The summed E-state index contributed by atoms with van der Waals surface area (Å²) in [6.45, 7) is 5.70. The molecular formula is C28H31N3O. The second-order valence-corrected chi connectivity index (χ2v) is 8.52. The van der Waals surface area contributed by atoms with Crippen LogP contribution in [0.15, 0.2) is 72.8 Å². The third-order valence-electron chi connectivity index (χ3n) is 5.83. The number of rotatable bonds is 9. The number of hydrogen-bond donors (Lipinski definition) is 1. The van der Waals surface area contributed by atoms with Crippen LogP contribution < -0.4 is 5.32 Å². The minimum absolute atomic E-state index is 0.00458. The fourth-order valence-corrected chi connectivity index (χ4v) is 4.08. The Bertz CT molecular complexity index is 1190. The van der Waals surface area contributed by atoms with Gasteiger partial charge in [0, 0.05) is 25.1 Å². The predicted octanol–water partition coefficient (Wildman–Crippen LogP) is 5.84. The molecule has 0 spiro atoms. The molecule has 0 aliphatic rings. The van der Waals surface area contributed by atoms with Crippen LogP contribution in [0, 0.1) is 13.8 Å². The Labute approximate surface area is 190 Å². The lowest BCUT2D eigenvalue weighted by Gasteiger charge is -2.10. The first-order valence-electron chi connectivity index (χ1n) is 11.4. The molecule has 1 aromatic heterocycles. The lowest BCUT2D eigenvalue weighted by Crippen LogP contribution is -2.24. The van der Waals surface area contributed by atoms with Gasteiger partial charge in [0.2, 0.25) is 0 Å². The van der Waals surface area contributed by atoms with Crippen LogP contribution in [0.4, 0.5) is 0 Å². The monoisotopic (exact) mass is 425 g/mol. The summed E-state index contributed by atoms with van der Waals surface area (Å²) < 4.78 is 2.35. The van der Waals surface area contributed by atoms with Crippen molar-refractivity contribution in [2.45, 2.75) is 46.1 Å². The molecule has 1 N–H and O–H groups in total. The SMILES string of the molecule is Cc1ccc(C(=O)NCCCCCc2nc3ccccc3n2Cc2cccc(C)c2)cc1. The van der Waals surface area contributed by atoms with Crippen LogP contribution >= 0.6 is 0 Å². The molecule has 4 nitrogen and oxygen atoms in total. The summed E-state index contributed by atoms with van der Waals surface area (Å²) >= 11 is 0. The van der Waals surface area contributed by atoms with Crippen LogP contribution in [0.1, 0.15) is 52.1 Å². The number of nitrogens with zero attached hydrogens (tertiary/aromatic N) is 2. The van der Waals surface area contributed by atoms with Crippen LogP contribution in [0.3, 0.4) is 0 Å². The zero-order valence-electron chi connectivity index (χ0n) is 19.0. The van der Waals surface area contributed by atoms with E-state index in [1.54, 1.807) is 0 Å². The number of imidazole rings is 1. The van der Waals surface area contributed by atoms with Gasteiger partial charge in [-0.05, 0) is 56.5 Å². The summed E-state index contributed by atoms with van der Waals surface area (Å²) in [5.74, 6) is 1.14. The zero-order chi connectivity index (χ0) is 22.3. The normalized spacial score (nSPS) is 11.1. The van der Waals surface area contributed by atoms with E-state index in [9.17, 15) is 4.79 Å². The van der Waals surface area contributed by atoms with Gasteiger partial charge >= 0.3 is 0 Å². The molecule has 0 saturated carbocycles. The van der Waals surface area contributed by atoms with Crippen LogP contribution in [0.5, 0.6) is 0 Å². The third kappa shape index (κ3) is 5.44. The maximum Gasteiger partial charge on any atom is 0.251 e. The number of benzene rings is 3. The first-order valence-corrected chi connectivity index (χ1v) is 11.4. The van der Waals surface area contributed by atoms with Gasteiger partial charge in [0.1, 0.15) is 5.82 Å². The Balaban J connectivity index is 1.32. The Morgan fingerprint density at radius 3 is 2.50 bits per heavy atom. The molecule has 0 unspecified atom stereocenters. The van der Waals surface area contributed by atoms with Gasteiger partial charge in [0.25, 0.3) is 5.91 Å². The van der Waals surface area contributed by atoms with Crippen molar-refractivity contribution in [1.82, 2.24) is 14.9 Å². The van der Waals surface area contributed by atoms with Crippen molar-refractivity contribution < 1.29 is 4.79 Å². The molecule has 4 heteroatoms. The maximum atomic E-state index is 12.2. The highest BCUT2D eigenvalue weighted by Crippen LogP contribution is 2.20. The summed E-state index contributed by atoms with van der Waals surface area (Å²) in [7, 11) is 0. The van der Waals surface area contributed by atoms with Gasteiger partial charge < -0.3 is 9.88 Å². The molecule has 4 rings (SSSR count). The van der Waals surface area contributed by atoms with E-state index in [2.05, 4.69) is 59.3 Å². The number of aromatic nitrogens is 2. The number of fused-ring (bicyclic) bond motifs is 1. The number of aryl methyl sites for hydroxylation is 3. The molecule has 164 valence electrons. The second-order valence-electron chi connectivity index (χ2n) is 8.52. The molecule has 4 aromatic rings. The quantitative estimate of drug-likeness (QED) is 0.342. The van der Waals surface area contributed by atoms with Gasteiger partial charge in [-0.25, -0.2) is 4.98 Å². The molecule has 0 aliphatic carbocycles. The van der Waals surface area contributed by atoms with Gasteiger partial charge in [-0.15, -0.1) is 0 Å². The van der Waals surface area contributed by atoms with E-state index < -0.39 is 0 Å². The fraction of sp³-hybridized carbons (Fsp3) is 0.286. The van der Waals surface area contributed by atoms with Gasteiger partial charge in [0.05, 0.1) is 11.0 Å². The minimum Gasteiger partial charge on any atom is -0.352 e. The largest absolute Gasteiger partial charge is 0.352 e. The van der Waals surface area contributed by atoms with E-state index >= 15 is 0 Å². The Kier molecular flexibility index (Phi) is 7.00. The van der Waals surface area contributed by atoms with Gasteiger partial charge in [-0.3, -0.25) is 4.79 Å². The van der Waals surface area contributed by atoms with Crippen molar-refractivity contribution in [2.75, 3.05) is 6.54 Å². The van der Waals surface area contributed by atoms with E-state index in [1.807, 2.05) is 37.3 Å². The highest BCUT2D eigenvalue weighted by molar-refractivity contribution is 5.94. The number of carbonyl (C=O) groups excluding carboxylic acids is 1. The first-order chi connectivity index (χ1) is 15.6. The number of nitrogens with one attached hydrogen (secondary N) is 1. The summed E-state index contributed by atoms with van der Waals surface area (Å²) in [6, 6.07) is 24.8. The highest BCUT2D eigenvalue weighted by atomic mass is 16.1. The third-order valence-corrected chi connectivity index (χ3v) is 5.83. The molecule has 32 heavy (non-hydrogen) atoms. The molecule has 1 amide bonds. The molecule has 0 bridgehead atoms. The molecular weight excluding hydrogens is 394 g/mol. The lowest BCUT2D eigenvalue weighted by atomic mass is 10.1. The summed E-state index contributed by atoms with van der Waals surface area (Å²) in [4.78, 5) is 17.1. The Morgan fingerprint density at radius 2 is 1.69 bits per heavy atom. The van der Waals surface area contributed by atoms with Crippen molar-refractivity contribution in [2.24, 2.45) is 0 Å². The van der Waals surface area contributed by atoms with E-state index in [1.165, 1.54) is 16.6 Å². The van der Waals surface area contributed by atoms with Gasteiger partial charge in [0.15, 0.2) is 0 Å². The van der Waals surface area contributed by atoms with Crippen LogP contribution in [0.25, 0.3) is 11.0 Å². The van der Waals surface area contributed by atoms with Crippen molar-refractivity contribution in [3.63, 3.8) is 0 Å². The van der Waals surface area contributed by atoms with E-state index in [4.69, 9.17) is 4.98 Å². The standard InChI is InChI=1S/C28H31N3O/c1-21-14-16-24(17-15-21)28(32)29-18-7-3-4-13-27-30-25-11-5-6-12-26(25)31(27)20-23-10-8-9-22(2)19-23/h5-6,8-12,14-17,19H,3-4,7,13,18,20H2,1-2H3,(H,29,32). The Morgan fingerprint density at radius 1 is 0.875 bits per heavy atom. The van der Waals surface area contributed by atoms with Crippen molar-refractivity contribution in [3.8, 4) is 0 Å². The van der Waals surface area contributed by atoms with Crippen molar-refractivity contribution in [3.05, 3.63) is 101 Å². The van der Waals surface area contributed by atoms with Crippen LogP contribution in [-0.4, -0.2) is 22.0 Å². The number of unbranched alkanes of at least 4 members (excludes halogenated alkanes) is 2. The summed E-state index contributed by atoms with van der Waals surface area (Å²) in [6.07, 6.45) is 4.02. The molecule has 0 radical (unpaired) electrons. The molecule has 0 fully saturated rings. The number of para-hydroxylation sites is 2. The zero-order valence-corrected chi connectivity index (χ0v) is 19.0. The number of carbonyl (C=O) groups is 1. The first kappa shape index (κ1) is 21.8. The fourth-order valence-electron chi connectivity index (χ4n) is 4.08. The van der Waals surface area contributed by atoms with Gasteiger partial charge in [-0.1, -0.05) is 66.1 Å². The number of amides is 1. The second kappa shape index (κ2) is 10.3. The lowest BCUT2D eigenvalue weighted by molar-refractivity contribution is 0.0953.